The number of nitrogens with one attached hydrogen (secondary N) is 1. The van der Waals surface area contributed by atoms with Crippen LogP contribution in [0.2, 0.25) is 0 Å². The predicted molar refractivity (Wildman–Crippen MR) is 253 cm³/mol. The molecule has 7 rings (SSSR count). The molecule has 1 heterocycles. The van der Waals surface area contributed by atoms with E-state index in [9.17, 15) is 39.0 Å². The number of Topliss-reactive ketones (excluding diaryl/α,β-unsaturated/α-hetero) is 1. The fraction of sp³-hybridized carbons (Fsp3) is 0.471. The van der Waals surface area contributed by atoms with Crippen LogP contribution in [0.25, 0.3) is 0 Å². The van der Waals surface area contributed by atoms with E-state index in [4.69, 9.17) is 68.0 Å². The molecule has 1 saturated heterocycles. The Morgan fingerprint density at radius 2 is 1.45 bits per heavy atom. The van der Waals surface area contributed by atoms with Crippen molar-refractivity contribution in [1.82, 2.24) is 5.32 Å². The lowest BCUT2D eigenvalue weighted by Crippen LogP contribution is -2.82. The minimum absolute atomic E-state index is 0.00116. The number of halogens is 3. The molecule has 1 amide bonds. The minimum atomic E-state index is -2.53. The zero-order chi connectivity index (χ0) is 51.8. The number of alkyl halides is 3. The highest BCUT2D eigenvalue weighted by Gasteiger charge is 2.79. The maximum Gasteiger partial charge on any atom is 0.508 e. The molecule has 3 aliphatic carbocycles. The van der Waals surface area contributed by atoms with Crippen molar-refractivity contribution in [2.45, 2.75) is 118 Å². The maximum atomic E-state index is 16.1. The number of hydrogen-bond acceptors (Lipinski definition) is 16. The number of aliphatic hydroxyl groups excluding tert-OH is 1. The van der Waals surface area contributed by atoms with Crippen LogP contribution >= 0.6 is 34.8 Å². The summed E-state index contributed by atoms with van der Waals surface area (Å²) in [6, 6.07) is 23.3. The highest BCUT2D eigenvalue weighted by molar-refractivity contribution is 6.67. The predicted octanol–water partition coefficient (Wildman–Crippen LogP) is 6.20. The number of hydrogen-bond donors (Lipinski definition) is 3. The second-order valence-corrected chi connectivity index (χ2v) is 21.5. The van der Waals surface area contributed by atoms with Crippen LogP contribution in [0.4, 0.5) is 4.79 Å². The Hall–Kier alpha value is -5.56. The third kappa shape index (κ3) is 10.4. The molecule has 4 aliphatic rings. The first-order chi connectivity index (χ1) is 33.3. The van der Waals surface area contributed by atoms with Gasteiger partial charge in [-0.3, -0.25) is 19.2 Å². The molecule has 71 heavy (non-hydrogen) atoms. The highest BCUT2D eigenvalue weighted by atomic mass is 35.6. The van der Waals surface area contributed by atoms with Gasteiger partial charge in [-0.25, -0.2) is 14.4 Å². The van der Waals surface area contributed by atoms with Crippen LogP contribution in [-0.4, -0.2) is 117 Å². The molecule has 3 fully saturated rings. The molecule has 20 heteroatoms. The van der Waals surface area contributed by atoms with Crippen LogP contribution in [0.5, 0.6) is 0 Å². The molecule has 0 aromatic heterocycles. The van der Waals surface area contributed by atoms with Crippen LogP contribution in [0.1, 0.15) is 81.9 Å². The lowest BCUT2D eigenvalue weighted by Gasteiger charge is -2.67. The first-order valence-corrected chi connectivity index (χ1v) is 23.9. The number of ether oxygens (including phenoxy) is 7. The van der Waals surface area contributed by atoms with Crippen molar-refractivity contribution in [3.63, 3.8) is 0 Å². The Bertz CT molecular complexity index is 2570. The standard InChI is InChI=1S/C51H54Cl3NO16/c1-27-33(68-45(62)39(59)38(31-18-12-8-13-19-31)55-36(58)22-30-16-10-7-11-17-30)24-50(64)43(70-44(61)32-20-14-9-15-21-32)41-48(6,42(60)40(67-28(2)56)37(27)47(50,4)5)34(69-46(63)66-26-51(52,53)54)23-35-49(41,25-65-35)71-29(3)57/h7-21,33-35,38-41,43,59,64H,22-26H2,1-6H3,(H,55,58)/t33-,34-,35+,38-,39+,40+,41-,43-,48+,49-,50+/m0/s1. The Balaban J connectivity index is 1.40. The van der Waals surface area contributed by atoms with E-state index >= 15 is 4.79 Å². The molecule has 0 radical (unpaired) electrons. The molecule has 2 bridgehead atoms. The lowest BCUT2D eigenvalue weighted by atomic mass is 9.44. The third-order valence-corrected chi connectivity index (χ3v) is 14.6. The average Bonchev–Trinajstić information content (AvgIpc) is 3.30. The molecule has 11 atom stereocenters. The zero-order valence-electron chi connectivity index (χ0n) is 39.6. The Morgan fingerprint density at radius 1 is 0.845 bits per heavy atom. The van der Waals surface area contributed by atoms with Gasteiger partial charge in [0.15, 0.2) is 23.6 Å². The quantitative estimate of drug-likeness (QED) is 0.0748. The first-order valence-electron chi connectivity index (χ1n) is 22.7. The van der Waals surface area contributed by atoms with Gasteiger partial charge in [0.1, 0.15) is 36.6 Å². The molecule has 0 spiro atoms. The number of esters is 4. The molecule has 0 unspecified atom stereocenters. The Morgan fingerprint density at radius 3 is 2.01 bits per heavy atom. The summed E-state index contributed by atoms with van der Waals surface area (Å²) in [6.07, 6.45) is -13.0. The molecule has 3 N–H and O–H groups in total. The van der Waals surface area contributed by atoms with E-state index in [1.54, 1.807) is 78.9 Å². The van der Waals surface area contributed by atoms with Crippen LogP contribution in [0, 0.1) is 16.7 Å². The SMILES string of the molecule is CC(=O)O[C@H]1C(=O)[C@]2(C)[C@@H](OC(=O)OCC(Cl)(Cl)Cl)C[C@H]3OC[C@@]3(OC(C)=O)[C@H]2[C@H](OC(=O)c2ccccc2)[C@]2(O)C[C@H](OC(=O)[C@H](O)[C@@H](NC(=O)Cc3ccccc3)c3ccccc3)C(C)=C1C2(C)C. The van der Waals surface area contributed by atoms with Gasteiger partial charge < -0.3 is 48.7 Å². The van der Waals surface area contributed by atoms with E-state index in [1.165, 1.54) is 39.8 Å². The van der Waals surface area contributed by atoms with E-state index in [-0.39, 0.29) is 29.6 Å². The zero-order valence-corrected chi connectivity index (χ0v) is 41.8. The maximum absolute atomic E-state index is 16.1. The lowest BCUT2D eigenvalue weighted by molar-refractivity contribution is -0.346. The molecule has 17 nitrogen and oxygen atoms in total. The van der Waals surface area contributed by atoms with E-state index in [0.717, 1.165) is 13.8 Å². The van der Waals surface area contributed by atoms with Crippen molar-refractivity contribution >= 4 is 76.5 Å². The monoisotopic (exact) mass is 1040 g/mol. The highest BCUT2D eigenvalue weighted by Crippen LogP contribution is 2.65. The van der Waals surface area contributed by atoms with Gasteiger partial charge in [0.25, 0.3) is 0 Å². The van der Waals surface area contributed by atoms with Crippen LogP contribution in [-0.2, 0) is 63.6 Å². The summed E-state index contributed by atoms with van der Waals surface area (Å²) in [5.74, 6) is -7.37. The Labute approximate surface area is 424 Å². The van der Waals surface area contributed by atoms with Crippen molar-refractivity contribution in [3.05, 3.63) is 119 Å². The number of fused-ring (bicyclic) bond motifs is 5. The van der Waals surface area contributed by atoms with Gasteiger partial charge in [-0.1, -0.05) is 128 Å². The van der Waals surface area contributed by atoms with Gasteiger partial charge in [0, 0.05) is 32.1 Å². The molecule has 1 aliphatic heterocycles. The summed E-state index contributed by atoms with van der Waals surface area (Å²) in [7, 11) is 0. The number of benzene rings is 3. The van der Waals surface area contributed by atoms with Crippen molar-refractivity contribution in [2.24, 2.45) is 16.7 Å². The summed E-state index contributed by atoms with van der Waals surface area (Å²) in [5.41, 5.74) is -7.50. The molecule has 3 aromatic rings. The van der Waals surface area contributed by atoms with E-state index in [1.807, 2.05) is 0 Å². The van der Waals surface area contributed by atoms with Crippen molar-refractivity contribution in [3.8, 4) is 0 Å². The normalized spacial score (nSPS) is 29.4. The molecule has 3 aromatic carbocycles. The average molecular weight is 1040 g/mol. The molecular formula is C51H54Cl3NO16. The number of amides is 1. The third-order valence-electron chi connectivity index (χ3n) is 14.2. The van der Waals surface area contributed by atoms with Crippen LogP contribution in [0.15, 0.2) is 102 Å². The largest absolute Gasteiger partial charge is 0.508 e. The van der Waals surface area contributed by atoms with Crippen molar-refractivity contribution in [2.75, 3.05) is 13.2 Å². The second-order valence-electron chi connectivity index (χ2n) is 19.0. The van der Waals surface area contributed by atoms with Gasteiger partial charge in [-0.05, 0) is 48.3 Å². The van der Waals surface area contributed by atoms with Gasteiger partial charge >= 0.3 is 30.0 Å². The van der Waals surface area contributed by atoms with Gasteiger partial charge in [-0.15, -0.1) is 0 Å². The number of carbonyl (C=O) groups excluding carboxylic acids is 7. The number of aliphatic hydroxyl groups is 2. The molecular weight excluding hydrogens is 989 g/mol. The smallest absolute Gasteiger partial charge is 0.456 e. The number of carbonyl (C=O) groups is 7. The molecule has 380 valence electrons. The van der Waals surface area contributed by atoms with E-state index in [2.05, 4.69) is 5.32 Å². The summed E-state index contributed by atoms with van der Waals surface area (Å²) >= 11 is 17.6. The number of rotatable bonds is 13. The number of ketones is 1. The summed E-state index contributed by atoms with van der Waals surface area (Å²) in [6.45, 7) is 6.77. The fourth-order valence-corrected chi connectivity index (χ4v) is 11.0. The summed E-state index contributed by atoms with van der Waals surface area (Å²) in [5, 5.41) is 28.6. The van der Waals surface area contributed by atoms with Gasteiger partial charge in [0.2, 0.25) is 9.70 Å². The van der Waals surface area contributed by atoms with E-state index in [0.29, 0.717) is 11.1 Å². The first kappa shape index (κ1) is 53.2. The van der Waals surface area contributed by atoms with E-state index < -0.39 is 136 Å². The molecule has 2 saturated carbocycles. The fourth-order valence-electron chi connectivity index (χ4n) is 10.8. The second kappa shape index (κ2) is 20.5. The summed E-state index contributed by atoms with van der Waals surface area (Å²) in [4.78, 5) is 98.7. The van der Waals surface area contributed by atoms with Gasteiger partial charge in [0.05, 0.1) is 36.0 Å². The van der Waals surface area contributed by atoms with Crippen molar-refractivity contribution < 1.29 is 76.9 Å². The van der Waals surface area contributed by atoms with Gasteiger partial charge in [-0.2, -0.15) is 0 Å². The van der Waals surface area contributed by atoms with Crippen LogP contribution < -0.4 is 5.32 Å². The summed E-state index contributed by atoms with van der Waals surface area (Å²) < 4.78 is 39.7. The van der Waals surface area contributed by atoms with Crippen LogP contribution in [0.3, 0.4) is 0 Å². The minimum Gasteiger partial charge on any atom is -0.456 e. The topological polar surface area (TPSA) is 237 Å². The Kier molecular flexibility index (Phi) is 15.4. The van der Waals surface area contributed by atoms with Crippen molar-refractivity contribution in [1.29, 1.82) is 0 Å².